The van der Waals surface area contributed by atoms with E-state index in [0.29, 0.717) is 0 Å². The Morgan fingerprint density at radius 3 is 2.56 bits per heavy atom. The fourth-order valence-electron chi connectivity index (χ4n) is 2.42. The fraction of sp³-hybridized carbons (Fsp3) is 0.273. The monoisotopic (exact) mass is 426 g/mol. The van der Waals surface area contributed by atoms with Gasteiger partial charge in [-0.1, -0.05) is 43.3 Å². The third-order valence-corrected chi connectivity index (χ3v) is 4.80. The van der Waals surface area contributed by atoms with Crippen molar-refractivity contribution in [2.24, 2.45) is 0 Å². The van der Waals surface area contributed by atoms with Gasteiger partial charge in [0.2, 0.25) is 0 Å². The number of rotatable bonds is 7. The van der Waals surface area contributed by atoms with Crippen LogP contribution in [0, 0.1) is 11.3 Å². The normalized spacial score (nSPS) is 13.4. The number of hydrogen-bond acceptors (Lipinski definition) is 3. The van der Waals surface area contributed by atoms with Crippen molar-refractivity contribution in [2.75, 3.05) is 0 Å². The second-order valence-corrected chi connectivity index (χ2v) is 7.16. The highest BCUT2D eigenvalue weighted by atomic mass is 79.9. The Morgan fingerprint density at radius 1 is 1.26 bits per heavy atom. The number of nitrogens with one attached hydrogen (secondary N) is 1. The summed E-state index contributed by atoms with van der Waals surface area (Å²) < 4.78 is 6.60. The molecule has 2 aromatic carbocycles. The maximum atomic E-state index is 12.5. The van der Waals surface area contributed by atoms with Gasteiger partial charge in [0.1, 0.15) is 17.4 Å². The van der Waals surface area contributed by atoms with Crippen LogP contribution in [-0.4, -0.2) is 12.0 Å². The maximum Gasteiger partial charge on any atom is 0.262 e. The number of benzene rings is 2. The Hall–Kier alpha value is -2.58. The van der Waals surface area contributed by atoms with Gasteiger partial charge in [-0.15, -0.1) is 0 Å². The zero-order valence-electron chi connectivity index (χ0n) is 15.7. The highest BCUT2D eigenvalue weighted by Gasteiger charge is 2.14. The van der Waals surface area contributed by atoms with Gasteiger partial charge < -0.3 is 10.1 Å². The summed E-state index contributed by atoms with van der Waals surface area (Å²) in [6.45, 7) is 5.95. The number of nitriles is 1. The summed E-state index contributed by atoms with van der Waals surface area (Å²) in [5.41, 5.74) is 1.79. The van der Waals surface area contributed by atoms with Crippen LogP contribution < -0.4 is 10.1 Å². The smallest absolute Gasteiger partial charge is 0.262 e. The quantitative estimate of drug-likeness (QED) is 0.475. The third-order valence-electron chi connectivity index (χ3n) is 4.18. The lowest BCUT2D eigenvalue weighted by molar-refractivity contribution is -0.117. The number of carbonyl (C=O) groups is 1. The van der Waals surface area contributed by atoms with Crippen LogP contribution in [0.4, 0.5) is 0 Å². The summed E-state index contributed by atoms with van der Waals surface area (Å²) in [7, 11) is 0. The van der Waals surface area contributed by atoms with E-state index in [4.69, 9.17) is 4.74 Å². The number of amides is 1. The molecule has 0 bridgehead atoms. The molecule has 0 aliphatic heterocycles. The molecule has 0 spiro atoms. The van der Waals surface area contributed by atoms with E-state index in [-0.39, 0.29) is 17.7 Å². The van der Waals surface area contributed by atoms with Gasteiger partial charge in [-0.25, -0.2) is 0 Å². The molecule has 27 heavy (non-hydrogen) atoms. The molecule has 0 aromatic heterocycles. The van der Waals surface area contributed by atoms with Crippen molar-refractivity contribution in [1.29, 1.82) is 5.26 Å². The minimum atomic E-state index is -0.398. The molecule has 0 fully saturated rings. The molecule has 1 N–H and O–H groups in total. The first-order chi connectivity index (χ1) is 12.9. The number of carbonyl (C=O) groups excluding carboxylic acids is 1. The lowest BCUT2D eigenvalue weighted by atomic mass is 10.1. The van der Waals surface area contributed by atoms with Crippen molar-refractivity contribution < 1.29 is 9.53 Å². The molecule has 0 saturated carbocycles. The summed E-state index contributed by atoms with van der Waals surface area (Å²) in [5.74, 6) is 0.340. The van der Waals surface area contributed by atoms with E-state index in [9.17, 15) is 10.1 Å². The van der Waals surface area contributed by atoms with Gasteiger partial charge in [0.05, 0.1) is 16.6 Å². The zero-order chi connectivity index (χ0) is 19.8. The summed E-state index contributed by atoms with van der Waals surface area (Å²) in [6, 6.07) is 16.9. The van der Waals surface area contributed by atoms with Crippen molar-refractivity contribution in [3.05, 3.63) is 69.7 Å². The first kappa shape index (κ1) is 20.7. The number of halogens is 1. The van der Waals surface area contributed by atoms with E-state index >= 15 is 0 Å². The van der Waals surface area contributed by atoms with Crippen molar-refractivity contribution in [3.63, 3.8) is 0 Å². The molecule has 0 saturated heterocycles. The standard InChI is InChI=1S/C22H23BrN2O2/c1-4-15(2)27-21-11-10-17(13-20(21)23)12-19(14-24)22(26)25-16(3)18-8-6-5-7-9-18/h5-13,15-16H,4H2,1-3H3,(H,25,26)/b19-12-/t15-,16-/m0/s1. The second-order valence-electron chi connectivity index (χ2n) is 6.30. The first-order valence-corrected chi connectivity index (χ1v) is 9.67. The second kappa shape index (κ2) is 9.94. The van der Waals surface area contributed by atoms with Crippen LogP contribution >= 0.6 is 15.9 Å². The van der Waals surface area contributed by atoms with E-state index in [1.165, 1.54) is 0 Å². The molecule has 0 aliphatic carbocycles. The SMILES string of the molecule is CC[C@H](C)Oc1ccc(/C=C(/C#N)C(=O)N[C@@H](C)c2ccccc2)cc1Br. The van der Waals surface area contributed by atoms with Gasteiger partial charge >= 0.3 is 0 Å². The summed E-state index contributed by atoms with van der Waals surface area (Å²) in [5, 5.41) is 12.3. The van der Waals surface area contributed by atoms with E-state index in [0.717, 1.165) is 27.8 Å². The molecule has 2 aromatic rings. The van der Waals surface area contributed by atoms with Crippen molar-refractivity contribution in [3.8, 4) is 11.8 Å². The molecule has 0 unspecified atom stereocenters. The molecule has 140 valence electrons. The molecule has 0 radical (unpaired) electrons. The summed E-state index contributed by atoms with van der Waals surface area (Å²) in [6.07, 6.45) is 2.60. The van der Waals surface area contributed by atoms with Gasteiger partial charge in [-0.2, -0.15) is 5.26 Å². The molecule has 5 heteroatoms. The van der Waals surface area contributed by atoms with E-state index < -0.39 is 5.91 Å². The highest BCUT2D eigenvalue weighted by Crippen LogP contribution is 2.28. The Labute approximate surface area is 169 Å². The molecule has 2 atom stereocenters. The van der Waals surface area contributed by atoms with Crippen LogP contribution in [0.2, 0.25) is 0 Å². The van der Waals surface area contributed by atoms with Crippen LogP contribution in [0.15, 0.2) is 58.6 Å². The van der Waals surface area contributed by atoms with Gasteiger partial charge in [-0.3, -0.25) is 4.79 Å². The molecular formula is C22H23BrN2O2. The first-order valence-electron chi connectivity index (χ1n) is 8.88. The van der Waals surface area contributed by atoms with Crippen LogP contribution in [0.3, 0.4) is 0 Å². The minimum Gasteiger partial charge on any atom is -0.490 e. The number of hydrogen-bond donors (Lipinski definition) is 1. The molecule has 0 heterocycles. The molecule has 1 amide bonds. The molecular weight excluding hydrogens is 404 g/mol. The van der Waals surface area contributed by atoms with Crippen molar-refractivity contribution in [1.82, 2.24) is 5.32 Å². The Kier molecular flexibility index (Phi) is 7.63. The lowest BCUT2D eigenvalue weighted by Gasteiger charge is -2.15. The molecule has 4 nitrogen and oxygen atoms in total. The topological polar surface area (TPSA) is 62.1 Å². The van der Waals surface area contributed by atoms with Crippen LogP contribution in [0.1, 0.15) is 44.4 Å². The van der Waals surface area contributed by atoms with Gasteiger partial charge in [0, 0.05) is 0 Å². The summed E-state index contributed by atoms with van der Waals surface area (Å²) >= 11 is 3.49. The zero-order valence-corrected chi connectivity index (χ0v) is 17.3. The average molecular weight is 427 g/mol. The van der Waals surface area contributed by atoms with Crippen molar-refractivity contribution >= 4 is 27.9 Å². The maximum absolute atomic E-state index is 12.5. The van der Waals surface area contributed by atoms with Crippen LogP contribution in [-0.2, 0) is 4.79 Å². The van der Waals surface area contributed by atoms with E-state index in [1.807, 2.05) is 68.4 Å². The molecule has 0 aliphatic rings. The van der Waals surface area contributed by atoms with Gasteiger partial charge in [0.15, 0.2) is 0 Å². The van der Waals surface area contributed by atoms with Crippen molar-refractivity contribution in [2.45, 2.75) is 39.3 Å². The lowest BCUT2D eigenvalue weighted by Crippen LogP contribution is -2.27. The average Bonchev–Trinajstić information content (AvgIpc) is 2.68. The Morgan fingerprint density at radius 2 is 1.96 bits per heavy atom. The van der Waals surface area contributed by atoms with Crippen LogP contribution in [0.25, 0.3) is 6.08 Å². The largest absolute Gasteiger partial charge is 0.490 e. The van der Waals surface area contributed by atoms with E-state index in [1.54, 1.807) is 6.08 Å². The van der Waals surface area contributed by atoms with Gasteiger partial charge in [-0.05, 0) is 65.5 Å². The predicted molar refractivity (Wildman–Crippen MR) is 111 cm³/mol. The predicted octanol–water partition coefficient (Wildman–Crippen LogP) is 5.41. The fourth-order valence-corrected chi connectivity index (χ4v) is 2.91. The molecule has 2 rings (SSSR count). The minimum absolute atomic E-state index is 0.0558. The number of ether oxygens (including phenoxy) is 1. The Balaban J connectivity index is 2.14. The third kappa shape index (κ3) is 5.97. The van der Waals surface area contributed by atoms with Gasteiger partial charge in [0.25, 0.3) is 5.91 Å². The summed E-state index contributed by atoms with van der Waals surface area (Å²) in [4.78, 5) is 12.5. The van der Waals surface area contributed by atoms with E-state index in [2.05, 4.69) is 28.2 Å². The Bertz CT molecular complexity index is 856. The highest BCUT2D eigenvalue weighted by molar-refractivity contribution is 9.10. The number of nitrogens with zero attached hydrogens (tertiary/aromatic N) is 1. The van der Waals surface area contributed by atoms with Crippen LogP contribution in [0.5, 0.6) is 5.75 Å².